The van der Waals surface area contributed by atoms with Gasteiger partial charge in [-0.05, 0) is 19.8 Å². The third-order valence-corrected chi connectivity index (χ3v) is 2.38. The smallest absolute Gasteiger partial charge is 0.239 e. The summed E-state index contributed by atoms with van der Waals surface area (Å²) in [6.45, 7) is 5.18. The summed E-state index contributed by atoms with van der Waals surface area (Å²) >= 11 is 0. The largest absolute Gasteiger partial charge is 0.396 e. The Morgan fingerprint density at radius 2 is 2.00 bits per heavy atom. The Labute approximate surface area is 90.2 Å². The van der Waals surface area contributed by atoms with Gasteiger partial charge < -0.3 is 15.7 Å². The van der Waals surface area contributed by atoms with Crippen molar-refractivity contribution in [1.82, 2.24) is 10.6 Å². The van der Waals surface area contributed by atoms with Crippen molar-refractivity contribution in [3.8, 4) is 0 Å². The van der Waals surface area contributed by atoms with Gasteiger partial charge in [-0.2, -0.15) is 0 Å². The molecule has 1 unspecified atom stereocenters. The van der Waals surface area contributed by atoms with E-state index in [0.29, 0.717) is 6.42 Å². The third kappa shape index (κ3) is 6.06. The number of hydrogen-bond acceptors (Lipinski definition) is 3. The first kappa shape index (κ1) is 13.9. The Balaban J connectivity index is 4.06. The van der Waals surface area contributed by atoms with E-state index in [1.54, 1.807) is 0 Å². The zero-order valence-electron chi connectivity index (χ0n) is 9.59. The molecule has 2 amide bonds. The maximum absolute atomic E-state index is 11.4. The molecule has 5 nitrogen and oxygen atoms in total. The van der Waals surface area contributed by atoms with Crippen LogP contribution >= 0.6 is 0 Å². The van der Waals surface area contributed by atoms with Gasteiger partial charge in [0.15, 0.2) is 0 Å². The topological polar surface area (TPSA) is 78.4 Å². The highest BCUT2D eigenvalue weighted by Crippen LogP contribution is 2.13. The number of nitrogens with one attached hydrogen (secondary N) is 2. The Bertz CT molecular complexity index is 231. The summed E-state index contributed by atoms with van der Waals surface area (Å²) in [7, 11) is 0. The highest BCUT2D eigenvalue weighted by atomic mass is 16.3. The van der Waals surface area contributed by atoms with Gasteiger partial charge in [-0.15, -0.1) is 0 Å². The Hall–Kier alpha value is -1.10. The molecular weight excluding hydrogens is 196 g/mol. The molecule has 1 atom stereocenters. The minimum Gasteiger partial charge on any atom is -0.396 e. The van der Waals surface area contributed by atoms with E-state index in [2.05, 4.69) is 10.6 Å². The molecule has 0 fully saturated rings. The molecule has 0 heterocycles. The minimum absolute atomic E-state index is 0.0175. The number of aliphatic hydroxyl groups excluding tert-OH is 1. The Morgan fingerprint density at radius 3 is 2.40 bits per heavy atom. The van der Waals surface area contributed by atoms with Gasteiger partial charge in [0.05, 0.1) is 6.54 Å². The molecule has 0 rings (SSSR count). The van der Waals surface area contributed by atoms with E-state index in [0.717, 1.165) is 6.42 Å². The molecule has 0 aliphatic rings. The van der Waals surface area contributed by atoms with Crippen molar-refractivity contribution in [1.29, 1.82) is 0 Å². The van der Waals surface area contributed by atoms with Crippen molar-refractivity contribution in [3.63, 3.8) is 0 Å². The molecule has 5 heteroatoms. The van der Waals surface area contributed by atoms with E-state index in [-0.39, 0.29) is 25.0 Å². The highest BCUT2D eigenvalue weighted by molar-refractivity contribution is 5.84. The fourth-order valence-corrected chi connectivity index (χ4v) is 1.16. The lowest BCUT2D eigenvalue weighted by molar-refractivity contribution is -0.126. The second kappa shape index (κ2) is 6.40. The summed E-state index contributed by atoms with van der Waals surface area (Å²) in [6, 6.07) is 0. The number of rotatable bonds is 6. The lowest BCUT2D eigenvalue weighted by atomic mass is 9.95. The van der Waals surface area contributed by atoms with E-state index in [4.69, 9.17) is 5.11 Å². The zero-order chi connectivity index (χ0) is 11.9. The van der Waals surface area contributed by atoms with Crippen molar-refractivity contribution < 1.29 is 14.7 Å². The molecule has 3 N–H and O–H groups in total. The summed E-state index contributed by atoms with van der Waals surface area (Å²) in [5.41, 5.74) is -0.399. The molecule has 0 aromatic heterocycles. The van der Waals surface area contributed by atoms with E-state index in [1.807, 2.05) is 13.8 Å². The third-order valence-electron chi connectivity index (χ3n) is 2.38. The first-order valence-corrected chi connectivity index (χ1v) is 5.10. The molecular formula is C10H20N2O3. The van der Waals surface area contributed by atoms with E-state index < -0.39 is 5.54 Å². The van der Waals surface area contributed by atoms with Crippen LogP contribution in [0.15, 0.2) is 0 Å². The normalized spacial score (nSPS) is 14.1. The maximum atomic E-state index is 11.4. The van der Waals surface area contributed by atoms with E-state index in [1.165, 1.54) is 6.92 Å². The predicted octanol–water partition coefficient (Wildman–Crippen LogP) is -0.210. The van der Waals surface area contributed by atoms with E-state index >= 15 is 0 Å². The standard InChI is InChI=1S/C10H20N2O3/c1-4-10(3,5-6-13)12-9(15)7-11-8(2)14/h13H,4-7H2,1-3H3,(H,11,14)(H,12,15). The van der Waals surface area contributed by atoms with Gasteiger partial charge in [0.1, 0.15) is 0 Å². The van der Waals surface area contributed by atoms with Crippen molar-refractivity contribution >= 4 is 11.8 Å². The number of aliphatic hydroxyl groups is 1. The first-order chi connectivity index (χ1) is 6.93. The summed E-state index contributed by atoms with van der Waals surface area (Å²) < 4.78 is 0. The monoisotopic (exact) mass is 216 g/mol. The van der Waals surface area contributed by atoms with E-state index in [9.17, 15) is 9.59 Å². The van der Waals surface area contributed by atoms with Crippen LogP contribution in [-0.2, 0) is 9.59 Å². The summed E-state index contributed by atoms with van der Waals surface area (Å²) in [5, 5.41) is 14.0. The van der Waals surface area contributed by atoms with Gasteiger partial charge in [0.2, 0.25) is 11.8 Å². The molecule has 0 saturated heterocycles. The van der Waals surface area contributed by atoms with Crippen molar-refractivity contribution in [2.75, 3.05) is 13.2 Å². The van der Waals surface area contributed by atoms with Gasteiger partial charge in [-0.25, -0.2) is 0 Å². The fourth-order valence-electron chi connectivity index (χ4n) is 1.16. The second-order valence-corrected chi connectivity index (χ2v) is 3.85. The van der Waals surface area contributed by atoms with Crippen LogP contribution in [0.25, 0.3) is 0 Å². The Morgan fingerprint density at radius 1 is 1.40 bits per heavy atom. The molecule has 0 aliphatic heterocycles. The van der Waals surface area contributed by atoms with Crippen LogP contribution in [0.3, 0.4) is 0 Å². The highest BCUT2D eigenvalue weighted by Gasteiger charge is 2.23. The predicted molar refractivity (Wildman–Crippen MR) is 57.2 cm³/mol. The SMILES string of the molecule is CCC(C)(CCO)NC(=O)CNC(C)=O. The zero-order valence-corrected chi connectivity index (χ0v) is 9.59. The molecule has 0 radical (unpaired) electrons. The summed E-state index contributed by atoms with van der Waals surface area (Å²) in [5.74, 6) is -0.464. The van der Waals surface area contributed by atoms with Crippen molar-refractivity contribution in [2.45, 2.75) is 39.2 Å². The molecule has 15 heavy (non-hydrogen) atoms. The average Bonchev–Trinajstić information content (AvgIpc) is 2.15. The maximum Gasteiger partial charge on any atom is 0.239 e. The molecule has 0 saturated carbocycles. The molecule has 0 spiro atoms. The Kier molecular flexibility index (Phi) is 5.93. The number of amides is 2. The van der Waals surface area contributed by atoms with Crippen LogP contribution in [0.5, 0.6) is 0 Å². The average molecular weight is 216 g/mol. The van der Waals surface area contributed by atoms with Crippen LogP contribution in [0.1, 0.15) is 33.6 Å². The quantitative estimate of drug-likeness (QED) is 0.575. The molecule has 88 valence electrons. The molecule has 0 bridgehead atoms. The van der Waals surface area contributed by atoms with Gasteiger partial charge in [-0.1, -0.05) is 6.92 Å². The van der Waals surface area contributed by atoms with Gasteiger partial charge in [-0.3, -0.25) is 9.59 Å². The second-order valence-electron chi connectivity index (χ2n) is 3.85. The van der Waals surface area contributed by atoms with Gasteiger partial charge in [0, 0.05) is 19.1 Å². The van der Waals surface area contributed by atoms with Gasteiger partial charge in [0.25, 0.3) is 0 Å². The van der Waals surface area contributed by atoms with Crippen LogP contribution in [0.4, 0.5) is 0 Å². The molecule has 0 aromatic carbocycles. The minimum atomic E-state index is -0.399. The van der Waals surface area contributed by atoms with Crippen molar-refractivity contribution in [3.05, 3.63) is 0 Å². The molecule has 0 aliphatic carbocycles. The summed E-state index contributed by atoms with van der Waals surface area (Å²) in [6.07, 6.45) is 1.24. The van der Waals surface area contributed by atoms with Crippen LogP contribution in [0.2, 0.25) is 0 Å². The molecule has 0 aromatic rings. The van der Waals surface area contributed by atoms with Crippen LogP contribution in [-0.4, -0.2) is 35.6 Å². The first-order valence-electron chi connectivity index (χ1n) is 5.10. The fraction of sp³-hybridized carbons (Fsp3) is 0.800. The lowest BCUT2D eigenvalue weighted by Gasteiger charge is -2.29. The number of carbonyl (C=O) groups is 2. The van der Waals surface area contributed by atoms with Gasteiger partial charge >= 0.3 is 0 Å². The summed E-state index contributed by atoms with van der Waals surface area (Å²) in [4.78, 5) is 22.0. The number of hydrogen-bond donors (Lipinski definition) is 3. The number of carbonyl (C=O) groups excluding carboxylic acids is 2. The van der Waals surface area contributed by atoms with Crippen molar-refractivity contribution in [2.24, 2.45) is 0 Å². The van der Waals surface area contributed by atoms with Crippen LogP contribution in [0, 0.1) is 0 Å². The van der Waals surface area contributed by atoms with Crippen LogP contribution < -0.4 is 10.6 Å². The lowest BCUT2D eigenvalue weighted by Crippen LogP contribution is -2.49.